The van der Waals surface area contributed by atoms with Gasteiger partial charge in [0.2, 0.25) is 0 Å². The Bertz CT molecular complexity index is 160. The lowest BCUT2D eigenvalue weighted by Gasteiger charge is -2.32. The molecule has 0 N–H and O–H groups in total. The second-order valence-corrected chi connectivity index (χ2v) is 4.41. The van der Waals surface area contributed by atoms with Crippen molar-refractivity contribution < 1.29 is 13.2 Å². The molecule has 0 aromatic carbocycles. The molecule has 1 aliphatic rings. The van der Waals surface area contributed by atoms with E-state index in [9.17, 15) is 13.2 Å². The highest BCUT2D eigenvalue weighted by atomic mass is 19.4. The van der Waals surface area contributed by atoms with E-state index in [1.165, 1.54) is 0 Å². The first-order chi connectivity index (χ1) is 5.91. The maximum Gasteiger partial charge on any atom is 0.391 e. The summed E-state index contributed by atoms with van der Waals surface area (Å²) in [5.41, 5.74) is 0. The summed E-state index contributed by atoms with van der Waals surface area (Å²) in [5, 5.41) is 0. The Kier molecular flexibility index (Phi) is 3.25. The third-order valence-corrected chi connectivity index (χ3v) is 3.12. The van der Waals surface area contributed by atoms with Crippen LogP contribution in [0.15, 0.2) is 0 Å². The highest BCUT2D eigenvalue weighted by molar-refractivity contribution is 4.79. The quantitative estimate of drug-likeness (QED) is 0.591. The zero-order chi connectivity index (χ0) is 10.1. The molecule has 0 saturated heterocycles. The van der Waals surface area contributed by atoms with Crippen molar-refractivity contribution in [2.45, 2.75) is 45.7 Å². The van der Waals surface area contributed by atoms with Gasteiger partial charge in [0.25, 0.3) is 0 Å². The molecule has 0 bridgehead atoms. The molecule has 2 atom stereocenters. The second-order valence-electron chi connectivity index (χ2n) is 4.41. The zero-order valence-electron chi connectivity index (χ0n) is 8.19. The number of rotatable bonds is 1. The fourth-order valence-corrected chi connectivity index (χ4v) is 2.13. The Morgan fingerprint density at radius 2 is 1.77 bits per heavy atom. The summed E-state index contributed by atoms with van der Waals surface area (Å²) in [6, 6.07) is 0. The lowest BCUT2D eigenvalue weighted by Crippen LogP contribution is -2.30. The molecular weight excluding hydrogens is 177 g/mol. The van der Waals surface area contributed by atoms with Crippen LogP contribution in [0.25, 0.3) is 0 Å². The van der Waals surface area contributed by atoms with Crippen LogP contribution in [0.3, 0.4) is 0 Å². The molecule has 0 aliphatic heterocycles. The van der Waals surface area contributed by atoms with Gasteiger partial charge in [-0.25, -0.2) is 0 Å². The summed E-state index contributed by atoms with van der Waals surface area (Å²) in [4.78, 5) is 0. The van der Waals surface area contributed by atoms with Crippen molar-refractivity contribution in [1.82, 2.24) is 0 Å². The van der Waals surface area contributed by atoms with Crippen molar-refractivity contribution in [3.8, 4) is 0 Å². The van der Waals surface area contributed by atoms with Gasteiger partial charge in [0.15, 0.2) is 0 Å². The lowest BCUT2D eigenvalue weighted by atomic mass is 9.76. The third-order valence-electron chi connectivity index (χ3n) is 3.12. The summed E-state index contributed by atoms with van der Waals surface area (Å²) in [6.45, 7) is 4.03. The maximum absolute atomic E-state index is 12.4. The normalized spacial score (nSPS) is 30.9. The van der Waals surface area contributed by atoms with Crippen molar-refractivity contribution >= 4 is 0 Å². The highest BCUT2D eigenvalue weighted by Gasteiger charge is 2.42. The minimum absolute atomic E-state index is 0.278. The highest BCUT2D eigenvalue weighted by Crippen LogP contribution is 2.41. The van der Waals surface area contributed by atoms with Gasteiger partial charge in [-0.1, -0.05) is 26.7 Å². The van der Waals surface area contributed by atoms with Gasteiger partial charge in [0, 0.05) is 0 Å². The summed E-state index contributed by atoms with van der Waals surface area (Å²) in [6.07, 6.45) is -1.56. The monoisotopic (exact) mass is 194 g/mol. The van der Waals surface area contributed by atoms with Crippen LogP contribution < -0.4 is 0 Å². The summed E-state index contributed by atoms with van der Waals surface area (Å²) in [5.74, 6) is -0.362. The van der Waals surface area contributed by atoms with E-state index in [0.717, 1.165) is 12.8 Å². The molecule has 0 aromatic heterocycles. The summed E-state index contributed by atoms with van der Waals surface area (Å²) in [7, 11) is 0. The van der Waals surface area contributed by atoms with Gasteiger partial charge >= 0.3 is 6.18 Å². The van der Waals surface area contributed by atoms with Crippen LogP contribution >= 0.6 is 0 Å². The van der Waals surface area contributed by atoms with E-state index in [-0.39, 0.29) is 5.92 Å². The maximum atomic E-state index is 12.4. The van der Waals surface area contributed by atoms with Crippen molar-refractivity contribution in [2.75, 3.05) is 0 Å². The van der Waals surface area contributed by atoms with E-state index < -0.39 is 12.1 Å². The molecule has 0 nitrogen and oxygen atoms in total. The molecule has 1 fully saturated rings. The Hall–Kier alpha value is -0.210. The fourth-order valence-electron chi connectivity index (χ4n) is 2.13. The smallest absolute Gasteiger partial charge is 0.171 e. The molecule has 1 unspecified atom stereocenters. The summed E-state index contributed by atoms with van der Waals surface area (Å²) >= 11 is 0. The first-order valence-electron chi connectivity index (χ1n) is 4.98. The molecule has 0 heterocycles. The predicted octanol–water partition coefficient (Wildman–Crippen LogP) is 4.01. The van der Waals surface area contributed by atoms with Crippen LogP contribution in [-0.2, 0) is 0 Å². The molecule has 78 valence electrons. The lowest BCUT2D eigenvalue weighted by molar-refractivity contribution is -0.186. The van der Waals surface area contributed by atoms with E-state index in [2.05, 4.69) is 0 Å². The van der Waals surface area contributed by atoms with Gasteiger partial charge < -0.3 is 0 Å². The molecule has 0 aromatic rings. The molecule has 13 heavy (non-hydrogen) atoms. The molecular formula is C10H17F3. The van der Waals surface area contributed by atoms with Crippen LogP contribution in [0.1, 0.15) is 39.5 Å². The molecule has 0 amide bonds. The predicted molar refractivity (Wildman–Crippen MR) is 46.3 cm³/mol. The Labute approximate surface area is 77.5 Å². The van der Waals surface area contributed by atoms with E-state index in [0.29, 0.717) is 18.8 Å². The van der Waals surface area contributed by atoms with Crippen LogP contribution in [0, 0.1) is 17.8 Å². The van der Waals surface area contributed by atoms with Crippen molar-refractivity contribution in [3.63, 3.8) is 0 Å². The molecule has 1 aliphatic carbocycles. The van der Waals surface area contributed by atoms with Gasteiger partial charge in [-0.15, -0.1) is 0 Å². The third kappa shape index (κ3) is 2.89. The Morgan fingerprint density at radius 3 is 2.23 bits per heavy atom. The summed E-state index contributed by atoms with van der Waals surface area (Å²) < 4.78 is 37.1. The van der Waals surface area contributed by atoms with Gasteiger partial charge in [-0.05, 0) is 24.7 Å². The van der Waals surface area contributed by atoms with E-state index in [1.807, 2.05) is 13.8 Å². The number of hydrogen-bond acceptors (Lipinski definition) is 0. The molecule has 1 rings (SSSR count). The number of hydrogen-bond donors (Lipinski definition) is 0. The van der Waals surface area contributed by atoms with Crippen LogP contribution in [0.5, 0.6) is 0 Å². The zero-order valence-corrected chi connectivity index (χ0v) is 8.19. The van der Waals surface area contributed by atoms with E-state index in [1.54, 1.807) is 0 Å². The Balaban J connectivity index is 2.52. The van der Waals surface area contributed by atoms with Crippen LogP contribution in [-0.4, -0.2) is 6.18 Å². The molecule has 0 radical (unpaired) electrons. The SMILES string of the molecule is CC(C)C1CCC[C@H](C(F)(F)F)C1. The Morgan fingerprint density at radius 1 is 1.15 bits per heavy atom. The van der Waals surface area contributed by atoms with Crippen LogP contribution in [0.4, 0.5) is 13.2 Å². The topological polar surface area (TPSA) is 0 Å². The number of alkyl halides is 3. The van der Waals surface area contributed by atoms with Gasteiger partial charge in [0.05, 0.1) is 5.92 Å². The first-order valence-corrected chi connectivity index (χ1v) is 4.98. The van der Waals surface area contributed by atoms with Crippen LogP contribution in [0.2, 0.25) is 0 Å². The van der Waals surface area contributed by atoms with Gasteiger partial charge in [-0.2, -0.15) is 13.2 Å². The molecule has 3 heteroatoms. The average molecular weight is 194 g/mol. The minimum atomic E-state index is -3.96. The standard InChI is InChI=1S/C10H17F3/c1-7(2)8-4-3-5-9(6-8)10(11,12)13/h7-9H,3-6H2,1-2H3/t8?,9-/m0/s1. The fraction of sp³-hybridized carbons (Fsp3) is 1.00. The minimum Gasteiger partial charge on any atom is -0.171 e. The largest absolute Gasteiger partial charge is 0.391 e. The van der Waals surface area contributed by atoms with Gasteiger partial charge in [-0.3, -0.25) is 0 Å². The van der Waals surface area contributed by atoms with E-state index >= 15 is 0 Å². The van der Waals surface area contributed by atoms with Crippen molar-refractivity contribution in [1.29, 1.82) is 0 Å². The van der Waals surface area contributed by atoms with Gasteiger partial charge in [0.1, 0.15) is 0 Å². The van der Waals surface area contributed by atoms with E-state index in [4.69, 9.17) is 0 Å². The first kappa shape index (κ1) is 10.9. The molecule has 0 spiro atoms. The number of halogens is 3. The average Bonchev–Trinajstić information content (AvgIpc) is 2.03. The second kappa shape index (κ2) is 3.89. The van der Waals surface area contributed by atoms with Crippen molar-refractivity contribution in [3.05, 3.63) is 0 Å². The van der Waals surface area contributed by atoms with Crippen molar-refractivity contribution in [2.24, 2.45) is 17.8 Å². The molecule has 1 saturated carbocycles.